The van der Waals surface area contributed by atoms with E-state index in [9.17, 15) is 28.7 Å². The van der Waals surface area contributed by atoms with Crippen molar-refractivity contribution < 1.29 is 75.4 Å². The zero-order valence-electron chi connectivity index (χ0n) is 42.0. The van der Waals surface area contributed by atoms with Crippen LogP contribution in [-0.2, 0) is 58.8 Å². The largest absolute Gasteiger partial charge is 0.450 e. The minimum Gasteiger partial charge on any atom is -0.450 e. The highest BCUT2D eigenvalue weighted by atomic mass is 19.1. The highest BCUT2D eigenvalue weighted by Gasteiger charge is 2.44. The number of rotatable bonds is 36. The second kappa shape index (κ2) is 31.4. The van der Waals surface area contributed by atoms with Crippen molar-refractivity contribution in [3.63, 3.8) is 0 Å². The minimum absolute atomic E-state index is 0.0850. The number of imide groups is 1. The molecule has 0 aliphatic carbocycles. The number of nitrogens with one attached hydrogen (secondary N) is 2. The fraction of sp³-hybridized carbons (Fsp3) is 0.588. The normalized spacial score (nSPS) is 16.6. The molecule has 0 bridgehead atoms. The van der Waals surface area contributed by atoms with Gasteiger partial charge in [-0.15, -0.1) is 0 Å². The number of aromatic nitrogens is 2. The fourth-order valence-corrected chi connectivity index (χ4v) is 8.03. The molecule has 22 heteroatoms. The Morgan fingerprint density at radius 3 is 1.92 bits per heavy atom. The zero-order chi connectivity index (χ0) is 52.4. The van der Waals surface area contributed by atoms with Gasteiger partial charge >= 0.3 is 6.09 Å². The smallest absolute Gasteiger partial charge is 0.407 e. The number of hydrogen-bond donors (Lipinski definition) is 3. The van der Waals surface area contributed by atoms with Gasteiger partial charge in [-0.25, -0.2) is 22.9 Å². The second-order valence-electron chi connectivity index (χ2n) is 18.0. The van der Waals surface area contributed by atoms with E-state index >= 15 is 8.78 Å². The number of benzene rings is 2. The Balaban J connectivity index is 0.976. The Morgan fingerprint density at radius 2 is 1.37 bits per heavy atom. The Kier molecular flexibility index (Phi) is 25.2. The number of carbonyl (C=O) groups is 4. The molecule has 3 aromatic rings. The number of aliphatic hydroxyl groups excluding tert-OH is 1. The van der Waals surface area contributed by atoms with E-state index < -0.39 is 53.3 Å². The monoisotopic (exact) mass is 1030 g/mol. The first-order valence-corrected chi connectivity index (χ1v) is 24.6. The number of alkyl halides is 1. The molecule has 5 rings (SSSR count). The van der Waals surface area contributed by atoms with Crippen molar-refractivity contribution in [2.75, 3.05) is 132 Å². The number of hydrogen-bond acceptors (Lipinski definition) is 15. The highest BCUT2D eigenvalue weighted by molar-refractivity contribution is 6.12. The summed E-state index contributed by atoms with van der Waals surface area (Å²) in [5, 5.41) is 16.4. The predicted octanol–water partition coefficient (Wildman–Crippen LogP) is 3.87. The third-order valence-electron chi connectivity index (χ3n) is 11.9. The van der Waals surface area contributed by atoms with E-state index in [2.05, 4.69) is 10.6 Å². The molecule has 1 fully saturated rings. The topological polar surface area (TPSA) is 211 Å². The van der Waals surface area contributed by atoms with Crippen LogP contribution in [0.4, 0.5) is 18.0 Å². The summed E-state index contributed by atoms with van der Waals surface area (Å²) in [5.74, 6) is -3.03. The molecule has 4 amide bonds. The maximum Gasteiger partial charge on any atom is 0.407 e. The number of imidazole rings is 1. The summed E-state index contributed by atoms with van der Waals surface area (Å²) in [6.07, 6.45) is 0.801. The average molecular weight is 1030 g/mol. The van der Waals surface area contributed by atoms with Crippen LogP contribution in [0.2, 0.25) is 0 Å². The van der Waals surface area contributed by atoms with Gasteiger partial charge in [-0.3, -0.25) is 19.3 Å². The van der Waals surface area contributed by atoms with Gasteiger partial charge < -0.3 is 63.1 Å². The molecule has 3 N–H and O–H groups in total. The van der Waals surface area contributed by atoms with Gasteiger partial charge in [0.1, 0.15) is 29.7 Å². The van der Waals surface area contributed by atoms with Crippen molar-refractivity contribution >= 4 is 23.8 Å². The quantitative estimate of drug-likeness (QED) is 0.0558. The minimum atomic E-state index is -1.47. The molecule has 0 spiro atoms. The van der Waals surface area contributed by atoms with E-state index in [1.807, 2.05) is 44.2 Å². The van der Waals surface area contributed by atoms with Gasteiger partial charge in [0.25, 0.3) is 17.7 Å². The first kappa shape index (κ1) is 58.6. The third kappa shape index (κ3) is 19.8. The number of halogens is 3. The molecule has 0 unspecified atom stereocenters. The lowest BCUT2D eigenvalue weighted by Gasteiger charge is -2.43. The van der Waals surface area contributed by atoms with Gasteiger partial charge in [-0.05, 0) is 42.5 Å². The molecule has 2 aliphatic heterocycles. The molecule has 2 aliphatic rings. The summed E-state index contributed by atoms with van der Waals surface area (Å²) < 4.78 is 90.8. The number of carbonyl (C=O) groups excluding carboxylic acids is 4. The van der Waals surface area contributed by atoms with Crippen molar-refractivity contribution in [1.82, 2.24) is 30.0 Å². The van der Waals surface area contributed by atoms with Crippen molar-refractivity contribution in [3.8, 4) is 11.3 Å². The second-order valence-corrected chi connectivity index (χ2v) is 18.0. The van der Waals surface area contributed by atoms with Gasteiger partial charge in [0.2, 0.25) is 0 Å². The average Bonchev–Trinajstić information content (AvgIpc) is 4.07. The highest BCUT2D eigenvalue weighted by Crippen LogP contribution is 2.43. The molecule has 0 saturated carbocycles. The van der Waals surface area contributed by atoms with Crippen LogP contribution < -0.4 is 10.6 Å². The molecule has 19 nitrogen and oxygen atoms in total. The van der Waals surface area contributed by atoms with Crippen molar-refractivity contribution in [2.45, 2.75) is 52.1 Å². The molecule has 73 heavy (non-hydrogen) atoms. The van der Waals surface area contributed by atoms with Crippen LogP contribution >= 0.6 is 0 Å². The van der Waals surface area contributed by atoms with E-state index in [-0.39, 0.29) is 94.5 Å². The van der Waals surface area contributed by atoms with Crippen molar-refractivity contribution in [1.29, 1.82) is 0 Å². The Bertz CT molecular complexity index is 2170. The molecular formula is C51H71F3N6O13. The lowest BCUT2D eigenvalue weighted by molar-refractivity contribution is -0.146. The molecule has 4 atom stereocenters. The zero-order valence-corrected chi connectivity index (χ0v) is 42.0. The van der Waals surface area contributed by atoms with E-state index in [0.717, 1.165) is 28.7 Å². The molecule has 2 aromatic carbocycles. The first-order chi connectivity index (χ1) is 35.2. The van der Waals surface area contributed by atoms with Gasteiger partial charge in [0.05, 0.1) is 117 Å². The molecule has 1 aromatic heterocycles. The molecule has 3 heterocycles. The Labute approximate surface area is 424 Å². The van der Waals surface area contributed by atoms with E-state index in [1.165, 1.54) is 24.0 Å². The first-order valence-electron chi connectivity index (χ1n) is 24.6. The van der Waals surface area contributed by atoms with Gasteiger partial charge in [0.15, 0.2) is 0 Å². The lowest BCUT2D eigenvalue weighted by Crippen LogP contribution is -2.50. The van der Waals surface area contributed by atoms with Crippen LogP contribution in [0.3, 0.4) is 0 Å². The molecule has 1 saturated heterocycles. The fourth-order valence-electron chi connectivity index (χ4n) is 8.03. The summed E-state index contributed by atoms with van der Waals surface area (Å²) in [6, 6.07) is 11.5. The summed E-state index contributed by atoms with van der Waals surface area (Å²) in [5.41, 5.74) is -0.0993. The number of ether oxygens (including phenoxy) is 8. The summed E-state index contributed by atoms with van der Waals surface area (Å²) >= 11 is 0. The molecular weight excluding hydrogens is 962 g/mol. The van der Waals surface area contributed by atoms with Gasteiger partial charge in [-0.2, -0.15) is 0 Å². The van der Waals surface area contributed by atoms with Crippen LogP contribution in [0, 0.1) is 23.0 Å². The van der Waals surface area contributed by atoms with E-state index in [4.69, 9.17) is 42.9 Å². The standard InChI is InChI=1S/C51H71F3N6O13/c1-37(61)49(64)60(35-39-32-55-33-43(39)54)47(48-57-44(41-31-40(52)9-10-42(41)53)36-58(48)34-38-7-5-4-6-8-38)51(2,3)13-16-73-50(65)56-14-17-66-19-21-68-23-25-70-27-29-72-30-28-71-26-24-69-22-20-67-18-15-59-45(62)11-12-46(59)63/h4-12,31,36-37,39,43,47,55,61H,13-30,32-35H2,1-3H3,(H,56,65)/t37-,39-,43-,47-/m0/s1. The van der Waals surface area contributed by atoms with E-state index in [1.54, 1.807) is 10.8 Å². The Morgan fingerprint density at radius 1 is 0.808 bits per heavy atom. The maximum absolute atomic E-state index is 15.3. The number of nitrogens with zero attached hydrogens (tertiary/aromatic N) is 4. The Hall–Kier alpha value is -5.30. The van der Waals surface area contributed by atoms with Crippen LogP contribution in [-0.4, -0.2) is 192 Å². The maximum atomic E-state index is 15.3. The number of aliphatic hydroxyl groups is 1. The number of amides is 4. The lowest BCUT2D eigenvalue weighted by atomic mass is 9.79. The van der Waals surface area contributed by atoms with Crippen LogP contribution in [0.1, 0.15) is 44.6 Å². The number of alkyl carbamates (subject to hydrolysis) is 1. The summed E-state index contributed by atoms with van der Waals surface area (Å²) in [4.78, 5) is 57.2. The SMILES string of the molecule is C[C@H](O)C(=O)N(C[C@@H]1CNC[C@@H]1F)[C@@H](c1nc(-c2cc(F)ccc2F)cn1Cc1ccccc1)C(C)(C)CCOC(=O)NCCOCCOCCOCCOCCOCCOCCOCCN1C(=O)C=CC1=O. The van der Waals surface area contributed by atoms with Crippen molar-refractivity contribution in [3.05, 3.63) is 89.9 Å². The third-order valence-corrected chi connectivity index (χ3v) is 11.9. The van der Waals surface area contributed by atoms with Gasteiger partial charge in [-0.1, -0.05) is 44.2 Å². The van der Waals surface area contributed by atoms with Crippen LogP contribution in [0.25, 0.3) is 11.3 Å². The summed E-state index contributed by atoms with van der Waals surface area (Å²) in [6.45, 7) is 10.7. The predicted molar refractivity (Wildman–Crippen MR) is 260 cm³/mol. The van der Waals surface area contributed by atoms with Crippen LogP contribution in [0.15, 0.2) is 66.9 Å². The van der Waals surface area contributed by atoms with Crippen molar-refractivity contribution in [2.24, 2.45) is 11.3 Å². The summed E-state index contributed by atoms with van der Waals surface area (Å²) in [7, 11) is 0. The molecule has 0 radical (unpaired) electrons. The van der Waals surface area contributed by atoms with Gasteiger partial charge in [0, 0.05) is 62.6 Å². The van der Waals surface area contributed by atoms with E-state index in [0.29, 0.717) is 79.2 Å². The molecule has 404 valence electrons. The van der Waals surface area contributed by atoms with Crippen LogP contribution in [0.5, 0.6) is 0 Å².